The van der Waals surface area contributed by atoms with Crippen molar-refractivity contribution >= 4 is 21.6 Å². The standard InChI is InChI=1S/C24H24N2O4S/c1-17-7-13-22(14-8-17)31(28,29)26-16-19-6-4-3-5-18(19)15-23(26)24(27)25-20-9-11-21(30-2)12-10-20/h3-14,23H,15-16H2,1-2H3,(H,25,27)/t23-/m0/s1. The fraction of sp³-hybridized carbons (Fsp3) is 0.208. The lowest BCUT2D eigenvalue weighted by Crippen LogP contribution is -2.50. The number of hydrogen-bond acceptors (Lipinski definition) is 4. The Hall–Kier alpha value is -3.16. The minimum absolute atomic E-state index is 0.146. The maximum atomic E-state index is 13.5. The van der Waals surface area contributed by atoms with Crippen molar-refractivity contribution in [2.45, 2.75) is 30.8 Å². The minimum Gasteiger partial charge on any atom is -0.497 e. The van der Waals surface area contributed by atoms with Gasteiger partial charge in [-0.3, -0.25) is 4.79 Å². The molecule has 160 valence electrons. The van der Waals surface area contributed by atoms with Crippen molar-refractivity contribution < 1.29 is 17.9 Å². The first-order valence-electron chi connectivity index (χ1n) is 9.99. The number of fused-ring (bicyclic) bond motifs is 1. The highest BCUT2D eigenvalue weighted by Gasteiger charge is 2.39. The van der Waals surface area contributed by atoms with E-state index < -0.39 is 16.1 Å². The Bertz CT molecular complexity index is 1190. The van der Waals surface area contributed by atoms with Crippen LogP contribution >= 0.6 is 0 Å². The summed E-state index contributed by atoms with van der Waals surface area (Å²) in [5.41, 5.74) is 3.44. The van der Waals surface area contributed by atoms with Gasteiger partial charge in [-0.05, 0) is 60.9 Å². The molecule has 0 radical (unpaired) electrons. The molecular weight excluding hydrogens is 412 g/mol. The first-order chi connectivity index (χ1) is 14.9. The maximum absolute atomic E-state index is 13.5. The highest BCUT2D eigenvalue weighted by atomic mass is 32.2. The summed E-state index contributed by atoms with van der Waals surface area (Å²) < 4.78 is 33.4. The third-order valence-electron chi connectivity index (χ3n) is 5.49. The van der Waals surface area contributed by atoms with Crippen LogP contribution in [0.5, 0.6) is 5.75 Å². The van der Waals surface area contributed by atoms with Crippen LogP contribution < -0.4 is 10.1 Å². The normalized spacial score (nSPS) is 16.4. The first-order valence-corrected chi connectivity index (χ1v) is 11.4. The molecule has 3 aromatic carbocycles. The Morgan fingerprint density at radius 1 is 0.968 bits per heavy atom. The molecule has 1 aliphatic heterocycles. The first kappa shape index (κ1) is 21.1. The number of anilines is 1. The molecule has 31 heavy (non-hydrogen) atoms. The zero-order valence-electron chi connectivity index (χ0n) is 17.4. The minimum atomic E-state index is -3.87. The molecule has 0 aromatic heterocycles. The van der Waals surface area contributed by atoms with Crippen molar-refractivity contribution in [1.82, 2.24) is 4.31 Å². The summed E-state index contributed by atoms with van der Waals surface area (Å²) in [6.45, 7) is 2.05. The molecule has 0 aliphatic carbocycles. The number of hydrogen-bond donors (Lipinski definition) is 1. The molecule has 1 aliphatic rings. The quantitative estimate of drug-likeness (QED) is 0.661. The predicted molar refractivity (Wildman–Crippen MR) is 119 cm³/mol. The Morgan fingerprint density at radius 2 is 1.61 bits per heavy atom. The fourth-order valence-electron chi connectivity index (χ4n) is 3.72. The summed E-state index contributed by atoms with van der Waals surface area (Å²) in [6.07, 6.45) is 0.309. The van der Waals surface area contributed by atoms with E-state index in [1.165, 1.54) is 4.31 Å². The predicted octanol–water partition coefficient (Wildman–Crippen LogP) is 3.76. The fourth-order valence-corrected chi connectivity index (χ4v) is 5.29. The molecule has 1 atom stereocenters. The lowest BCUT2D eigenvalue weighted by molar-refractivity contribution is -0.120. The zero-order chi connectivity index (χ0) is 22.0. The van der Waals surface area contributed by atoms with Gasteiger partial charge in [0, 0.05) is 12.2 Å². The van der Waals surface area contributed by atoms with Crippen molar-refractivity contribution in [3.8, 4) is 5.75 Å². The molecule has 0 fully saturated rings. The van der Waals surface area contributed by atoms with Crippen LogP contribution in [0.4, 0.5) is 5.69 Å². The number of methoxy groups -OCH3 is 1. The van der Waals surface area contributed by atoms with Gasteiger partial charge in [-0.15, -0.1) is 0 Å². The maximum Gasteiger partial charge on any atom is 0.244 e. The highest BCUT2D eigenvalue weighted by Crippen LogP contribution is 2.30. The number of amides is 1. The van der Waals surface area contributed by atoms with Crippen LogP contribution in [0.1, 0.15) is 16.7 Å². The third-order valence-corrected chi connectivity index (χ3v) is 7.36. The molecule has 6 nitrogen and oxygen atoms in total. The van der Waals surface area contributed by atoms with E-state index in [1.807, 2.05) is 31.2 Å². The van der Waals surface area contributed by atoms with Crippen molar-refractivity contribution in [2.24, 2.45) is 0 Å². The van der Waals surface area contributed by atoms with Crippen LogP contribution in [0.15, 0.2) is 77.7 Å². The third kappa shape index (κ3) is 4.33. The zero-order valence-corrected chi connectivity index (χ0v) is 18.2. The average molecular weight is 437 g/mol. The smallest absolute Gasteiger partial charge is 0.244 e. The van der Waals surface area contributed by atoms with E-state index in [1.54, 1.807) is 55.6 Å². The van der Waals surface area contributed by atoms with Crippen LogP contribution in [-0.2, 0) is 27.8 Å². The van der Waals surface area contributed by atoms with Gasteiger partial charge in [0.2, 0.25) is 15.9 Å². The van der Waals surface area contributed by atoms with Crippen LogP contribution in [0.25, 0.3) is 0 Å². The van der Waals surface area contributed by atoms with Gasteiger partial charge in [0.1, 0.15) is 11.8 Å². The summed E-state index contributed by atoms with van der Waals surface area (Å²) in [5, 5.41) is 2.86. The van der Waals surface area contributed by atoms with Crippen molar-refractivity contribution in [1.29, 1.82) is 0 Å². The molecule has 0 spiro atoms. The summed E-state index contributed by atoms with van der Waals surface area (Å²) in [6, 6.07) is 20.4. The monoisotopic (exact) mass is 436 g/mol. The number of aryl methyl sites for hydroxylation is 1. The Morgan fingerprint density at radius 3 is 2.26 bits per heavy atom. The van der Waals surface area contributed by atoms with Gasteiger partial charge in [-0.1, -0.05) is 42.0 Å². The van der Waals surface area contributed by atoms with Crippen LogP contribution in [0, 0.1) is 6.92 Å². The number of carbonyl (C=O) groups is 1. The van der Waals surface area contributed by atoms with E-state index in [9.17, 15) is 13.2 Å². The van der Waals surface area contributed by atoms with Gasteiger partial charge in [0.05, 0.1) is 12.0 Å². The van der Waals surface area contributed by atoms with Crippen LogP contribution in [0.3, 0.4) is 0 Å². The lowest BCUT2D eigenvalue weighted by Gasteiger charge is -2.35. The van der Waals surface area contributed by atoms with Gasteiger partial charge in [0.25, 0.3) is 0 Å². The summed E-state index contributed by atoms with van der Waals surface area (Å²) in [7, 11) is -2.30. The molecule has 0 saturated heterocycles. The molecule has 1 amide bonds. The Balaban J connectivity index is 1.68. The molecule has 3 aromatic rings. The highest BCUT2D eigenvalue weighted by molar-refractivity contribution is 7.89. The molecule has 1 heterocycles. The molecule has 0 unspecified atom stereocenters. The summed E-state index contributed by atoms with van der Waals surface area (Å²) in [5.74, 6) is 0.309. The largest absolute Gasteiger partial charge is 0.497 e. The van der Waals surface area contributed by atoms with E-state index in [4.69, 9.17) is 4.74 Å². The molecule has 1 N–H and O–H groups in total. The Labute approximate surface area is 182 Å². The van der Waals surface area contributed by atoms with Crippen LogP contribution in [-0.4, -0.2) is 31.8 Å². The number of sulfonamides is 1. The van der Waals surface area contributed by atoms with Crippen molar-refractivity contribution in [3.63, 3.8) is 0 Å². The Kier molecular flexibility index (Phi) is 5.80. The van der Waals surface area contributed by atoms with E-state index in [2.05, 4.69) is 5.32 Å². The van der Waals surface area contributed by atoms with Gasteiger partial charge >= 0.3 is 0 Å². The molecule has 4 rings (SSSR count). The average Bonchev–Trinajstić information content (AvgIpc) is 2.79. The topological polar surface area (TPSA) is 75.7 Å². The number of nitrogens with one attached hydrogen (secondary N) is 1. The number of nitrogens with zero attached hydrogens (tertiary/aromatic N) is 1. The van der Waals surface area contributed by atoms with E-state index in [0.29, 0.717) is 17.9 Å². The van der Waals surface area contributed by atoms with Gasteiger partial charge in [-0.25, -0.2) is 8.42 Å². The van der Waals surface area contributed by atoms with Crippen molar-refractivity contribution in [3.05, 3.63) is 89.5 Å². The number of benzene rings is 3. The van der Waals surface area contributed by atoms with Gasteiger partial charge in [-0.2, -0.15) is 4.31 Å². The molecule has 7 heteroatoms. The van der Waals surface area contributed by atoms with Crippen molar-refractivity contribution in [2.75, 3.05) is 12.4 Å². The second-order valence-corrected chi connectivity index (χ2v) is 9.46. The summed E-state index contributed by atoms with van der Waals surface area (Å²) in [4.78, 5) is 13.4. The van der Waals surface area contributed by atoms with Gasteiger partial charge in [0.15, 0.2) is 0 Å². The molecular formula is C24H24N2O4S. The molecule has 0 saturated carbocycles. The number of ether oxygens (including phenoxy) is 1. The van der Waals surface area contributed by atoms with Gasteiger partial charge < -0.3 is 10.1 Å². The van der Waals surface area contributed by atoms with Crippen LogP contribution in [0.2, 0.25) is 0 Å². The second-order valence-electron chi connectivity index (χ2n) is 7.57. The molecule has 0 bridgehead atoms. The van der Waals surface area contributed by atoms with E-state index in [0.717, 1.165) is 16.7 Å². The second kappa shape index (κ2) is 8.53. The van der Waals surface area contributed by atoms with E-state index in [-0.39, 0.29) is 17.3 Å². The lowest BCUT2D eigenvalue weighted by atomic mass is 9.95. The number of rotatable bonds is 5. The van der Waals surface area contributed by atoms with E-state index >= 15 is 0 Å². The number of carbonyl (C=O) groups excluding carboxylic acids is 1. The SMILES string of the molecule is COc1ccc(NC(=O)[C@@H]2Cc3ccccc3CN2S(=O)(=O)c2ccc(C)cc2)cc1. The summed E-state index contributed by atoms with van der Waals surface area (Å²) >= 11 is 0.